The van der Waals surface area contributed by atoms with Crippen molar-refractivity contribution in [2.24, 2.45) is 0 Å². The molecule has 1 aliphatic heterocycles. The predicted octanol–water partition coefficient (Wildman–Crippen LogP) is 2.22. The van der Waals surface area contributed by atoms with Crippen molar-refractivity contribution < 1.29 is 14.3 Å². The molecule has 0 spiro atoms. The average molecular weight is 364 g/mol. The molecule has 1 saturated heterocycles. The maximum absolute atomic E-state index is 12.4. The normalized spacial score (nSPS) is 14.3. The number of H-pyrrole nitrogens is 1. The van der Waals surface area contributed by atoms with E-state index >= 15 is 0 Å². The van der Waals surface area contributed by atoms with Crippen molar-refractivity contribution in [3.8, 4) is 0 Å². The number of morpholine rings is 1. The van der Waals surface area contributed by atoms with Crippen LogP contribution in [0.3, 0.4) is 0 Å². The van der Waals surface area contributed by atoms with Crippen LogP contribution in [0.15, 0.2) is 48.5 Å². The zero-order chi connectivity index (χ0) is 18.6. The predicted molar refractivity (Wildman–Crippen MR) is 102 cm³/mol. The molecule has 138 valence electrons. The van der Waals surface area contributed by atoms with E-state index in [4.69, 9.17) is 4.74 Å². The third-order valence-electron chi connectivity index (χ3n) is 4.59. The van der Waals surface area contributed by atoms with Gasteiger partial charge in [0.1, 0.15) is 0 Å². The summed E-state index contributed by atoms with van der Waals surface area (Å²) in [5.74, 6) is -0.156. The SMILES string of the molecule is O=C(Cc1[nH]nc2ccccc12)Nc1ccc(C(=O)N2CCOCC2)cc1. The fourth-order valence-corrected chi connectivity index (χ4v) is 3.16. The van der Waals surface area contributed by atoms with Gasteiger partial charge < -0.3 is 15.0 Å². The Hall–Kier alpha value is -3.19. The average Bonchev–Trinajstić information content (AvgIpc) is 3.11. The number of carbonyl (C=O) groups is 2. The van der Waals surface area contributed by atoms with Gasteiger partial charge in [-0.1, -0.05) is 18.2 Å². The standard InChI is InChI=1S/C20H20N4O3/c25-19(13-18-16-3-1-2-4-17(16)22-23-18)21-15-7-5-14(6-8-15)20(26)24-9-11-27-12-10-24/h1-8H,9-13H2,(H,21,25)(H,22,23). The van der Waals surface area contributed by atoms with Crippen LogP contribution in [0.5, 0.6) is 0 Å². The molecule has 1 aliphatic rings. The number of nitrogens with zero attached hydrogens (tertiary/aromatic N) is 2. The smallest absolute Gasteiger partial charge is 0.254 e. The number of carbonyl (C=O) groups excluding carboxylic acids is 2. The zero-order valence-corrected chi connectivity index (χ0v) is 14.8. The summed E-state index contributed by atoms with van der Waals surface area (Å²) >= 11 is 0. The highest BCUT2D eigenvalue weighted by molar-refractivity contribution is 5.97. The molecule has 0 radical (unpaired) electrons. The molecule has 1 aromatic heterocycles. The van der Waals surface area contributed by atoms with Crippen molar-refractivity contribution in [1.82, 2.24) is 15.1 Å². The Bertz CT molecular complexity index is 959. The number of nitrogens with one attached hydrogen (secondary N) is 2. The third-order valence-corrected chi connectivity index (χ3v) is 4.59. The van der Waals surface area contributed by atoms with E-state index in [-0.39, 0.29) is 18.2 Å². The topological polar surface area (TPSA) is 87.3 Å². The van der Waals surface area contributed by atoms with Gasteiger partial charge >= 0.3 is 0 Å². The van der Waals surface area contributed by atoms with Crippen LogP contribution in [0.1, 0.15) is 16.1 Å². The number of ether oxygens (including phenoxy) is 1. The van der Waals surface area contributed by atoms with Gasteiger partial charge in [-0.25, -0.2) is 0 Å². The maximum atomic E-state index is 12.4. The first-order chi connectivity index (χ1) is 13.2. The van der Waals surface area contributed by atoms with E-state index in [9.17, 15) is 9.59 Å². The minimum Gasteiger partial charge on any atom is -0.378 e. The van der Waals surface area contributed by atoms with Crippen molar-refractivity contribution in [3.63, 3.8) is 0 Å². The van der Waals surface area contributed by atoms with Gasteiger partial charge in [-0.2, -0.15) is 5.10 Å². The van der Waals surface area contributed by atoms with Gasteiger partial charge in [-0.3, -0.25) is 14.7 Å². The summed E-state index contributed by atoms with van der Waals surface area (Å²) in [5.41, 5.74) is 2.88. The summed E-state index contributed by atoms with van der Waals surface area (Å²) in [6, 6.07) is 14.6. The van der Waals surface area contributed by atoms with E-state index in [1.165, 1.54) is 0 Å². The monoisotopic (exact) mass is 364 g/mol. The number of hydrogen-bond donors (Lipinski definition) is 2. The summed E-state index contributed by atoms with van der Waals surface area (Å²) in [5, 5.41) is 10.9. The molecular formula is C20H20N4O3. The van der Waals surface area contributed by atoms with Gasteiger partial charge in [0.15, 0.2) is 0 Å². The molecule has 0 bridgehead atoms. The summed E-state index contributed by atoms with van der Waals surface area (Å²) in [4.78, 5) is 26.6. The molecule has 2 heterocycles. The molecule has 27 heavy (non-hydrogen) atoms. The second-order valence-corrected chi connectivity index (χ2v) is 6.43. The van der Waals surface area contributed by atoms with Crippen molar-refractivity contribution in [3.05, 3.63) is 59.8 Å². The summed E-state index contributed by atoms with van der Waals surface area (Å²) in [7, 11) is 0. The lowest BCUT2D eigenvalue weighted by Crippen LogP contribution is -2.40. The van der Waals surface area contributed by atoms with Crippen LogP contribution >= 0.6 is 0 Å². The largest absolute Gasteiger partial charge is 0.378 e. The molecule has 2 amide bonds. The second kappa shape index (κ2) is 7.59. The van der Waals surface area contributed by atoms with Crippen LogP contribution in [0.2, 0.25) is 0 Å². The molecule has 7 nitrogen and oxygen atoms in total. The summed E-state index contributed by atoms with van der Waals surface area (Å²) in [6.45, 7) is 2.36. The number of aromatic nitrogens is 2. The summed E-state index contributed by atoms with van der Waals surface area (Å²) < 4.78 is 5.27. The molecular weight excluding hydrogens is 344 g/mol. The van der Waals surface area contributed by atoms with Gasteiger partial charge in [0.2, 0.25) is 5.91 Å². The Kier molecular flexibility index (Phi) is 4.84. The molecule has 3 aromatic rings. The molecule has 4 rings (SSSR count). The number of benzene rings is 2. The quantitative estimate of drug-likeness (QED) is 0.743. The van der Waals surface area contributed by atoms with Crippen LogP contribution in [0.25, 0.3) is 10.9 Å². The van der Waals surface area contributed by atoms with E-state index in [0.717, 1.165) is 16.6 Å². The Labute approximate surface area is 156 Å². The van der Waals surface area contributed by atoms with Gasteiger partial charge in [-0.15, -0.1) is 0 Å². The molecule has 2 N–H and O–H groups in total. The Morgan fingerprint density at radius 1 is 1.07 bits per heavy atom. The van der Waals surface area contributed by atoms with Gasteiger partial charge in [0.05, 0.1) is 30.8 Å². The first-order valence-corrected chi connectivity index (χ1v) is 8.89. The fraction of sp³-hybridized carbons (Fsp3) is 0.250. The molecule has 1 fully saturated rings. The van der Waals surface area contributed by atoms with Gasteiger partial charge in [-0.05, 0) is 30.3 Å². The molecule has 0 atom stereocenters. The second-order valence-electron chi connectivity index (χ2n) is 6.43. The maximum Gasteiger partial charge on any atom is 0.254 e. The number of fused-ring (bicyclic) bond motifs is 1. The highest BCUT2D eigenvalue weighted by Gasteiger charge is 2.18. The van der Waals surface area contributed by atoms with Crippen LogP contribution in [-0.2, 0) is 16.0 Å². The summed E-state index contributed by atoms with van der Waals surface area (Å²) in [6.07, 6.45) is 0.203. The highest BCUT2D eigenvalue weighted by atomic mass is 16.5. The first-order valence-electron chi connectivity index (χ1n) is 8.89. The Morgan fingerprint density at radius 3 is 2.59 bits per heavy atom. The van der Waals surface area contributed by atoms with Crippen LogP contribution < -0.4 is 5.32 Å². The van der Waals surface area contributed by atoms with E-state index in [2.05, 4.69) is 15.5 Å². The lowest BCUT2D eigenvalue weighted by molar-refractivity contribution is -0.115. The number of hydrogen-bond acceptors (Lipinski definition) is 4. The Morgan fingerprint density at radius 2 is 1.81 bits per heavy atom. The number of rotatable bonds is 4. The van der Waals surface area contributed by atoms with E-state index in [1.807, 2.05) is 24.3 Å². The van der Waals surface area contributed by atoms with Crippen LogP contribution in [-0.4, -0.2) is 53.2 Å². The number of anilines is 1. The van der Waals surface area contributed by atoms with Crippen molar-refractivity contribution in [2.75, 3.05) is 31.6 Å². The number of aromatic amines is 1. The fourth-order valence-electron chi connectivity index (χ4n) is 3.16. The van der Waals surface area contributed by atoms with E-state index < -0.39 is 0 Å². The minimum atomic E-state index is -0.142. The third kappa shape index (κ3) is 3.83. The van der Waals surface area contributed by atoms with Gasteiger partial charge in [0.25, 0.3) is 5.91 Å². The first kappa shape index (κ1) is 17.2. The van der Waals surface area contributed by atoms with E-state index in [0.29, 0.717) is 37.6 Å². The van der Waals surface area contributed by atoms with Gasteiger partial charge in [0, 0.05) is 29.7 Å². The highest BCUT2D eigenvalue weighted by Crippen LogP contribution is 2.17. The van der Waals surface area contributed by atoms with Crippen molar-refractivity contribution >= 4 is 28.4 Å². The van der Waals surface area contributed by atoms with Crippen molar-refractivity contribution in [1.29, 1.82) is 0 Å². The van der Waals surface area contributed by atoms with Crippen molar-refractivity contribution in [2.45, 2.75) is 6.42 Å². The lowest BCUT2D eigenvalue weighted by atomic mass is 10.1. The number of amides is 2. The Balaban J connectivity index is 1.39. The lowest BCUT2D eigenvalue weighted by Gasteiger charge is -2.26. The zero-order valence-electron chi connectivity index (χ0n) is 14.8. The number of para-hydroxylation sites is 1. The van der Waals surface area contributed by atoms with E-state index in [1.54, 1.807) is 29.2 Å². The molecule has 2 aromatic carbocycles. The molecule has 7 heteroatoms. The van der Waals surface area contributed by atoms with Crippen LogP contribution in [0.4, 0.5) is 5.69 Å². The molecule has 0 unspecified atom stereocenters. The van der Waals surface area contributed by atoms with Crippen LogP contribution in [0, 0.1) is 0 Å². The molecule has 0 saturated carbocycles. The minimum absolute atomic E-state index is 0.0138. The molecule has 0 aliphatic carbocycles.